The molecular weight excluding hydrogens is 228 g/mol. The number of carbonyl (C=O) groups is 1. The monoisotopic (exact) mass is 244 g/mol. The number of anilines is 1. The zero-order valence-corrected chi connectivity index (χ0v) is 10.3. The second kappa shape index (κ2) is 5.35. The second-order valence-electron chi connectivity index (χ2n) is 4.22. The van der Waals surface area contributed by atoms with Gasteiger partial charge in [0.25, 0.3) is 0 Å². The number of carbonyl (C=O) groups excluding carboxylic acids is 1. The lowest BCUT2D eigenvalue weighted by atomic mass is 10.1. The van der Waals surface area contributed by atoms with Gasteiger partial charge in [-0.15, -0.1) is 0 Å². The molecule has 0 unspecified atom stereocenters. The van der Waals surface area contributed by atoms with Crippen LogP contribution in [0.2, 0.25) is 0 Å². The molecule has 0 aliphatic heterocycles. The van der Waals surface area contributed by atoms with Gasteiger partial charge in [0.2, 0.25) is 5.91 Å². The predicted molar refractivity (Wildman–Crippen MR) is 69.6 cm³/mol. The molecule has 3 N–H and O–H groups in total. The standard InChI is InChI=1S/C13H16N4O/c1-17-9-11(8-16-17)7-15-13(18)6-10-3-2-4-12(14)5-10/h2-5,8-9H,6-7,14H2,1H3,(H,15,18). The topological polar surface area (TPSA) is 72.9 Å². The number of nitrogens with zero attached hydrogens (tertiary/aromatic N) is 2. The van der Waals surface area contributed by atoms with E-state index in [4.69, 9.17) is 5.73 Å². The normalized spacial score (nSPS) is 10.3. The molecule has 0 spiro atoms. The van der Waals surface area contributed by atoms with E-state index < -0.39 is 0 Å². The first-order valence-corrected chi connectivity index (χ1v) is 5.72. The minimum atomic E-state index is -0.0237. The lowest BCUT2D eigenvalue weighted by Gasteiger charge is -2.04. The number of nitrogens with one attached hydrogen (secondary N) is 1. The van der Waals surface area contributed by atoms with Gasteiger partial charge < -0.3 is 11.1 Å². The number of hydrogen-bond acceptors (Lipinski definition) is 3. The largest absolute Gasteiger partial charge is 0.399 e. The van der Waals surface area contributed by atoms with Crippen molar-refractivity contribution in [3.8, 4) is 0 Å². The number of amides is 1. The summed E-state index contributed by atoms with van der Waals surface area (Å²) in [6, 6.07) is 7.35. The molecule has 0 radical (unpaired) electrons. The molecule has 5 nitrogen and oxygen atoms in total. The molecule has 1 aromatic carbocycles. The first-order chi connectivity index (χ1) is 8.63. The van der Waals surface area contributed by atoms with Gasteiger partial charge in [-0.1, -0.05) is 12.1 Å². The smallest absolute Gasteiger partial charge is 0.224 e. The van der Waals surface area contributed by atoms with Crippen molar-refractivity contribution in [2.45, 2.75) is 13.0 Å². The number of aryl methyl sites for hydroxylation is 1. The van der Waals surface area contributed by atoms with Crippen molar-refractivity contribution >= 4 is 11.6 Å². The Labute approximate surface area is 106 Å². The first-order valence-electron chi connectivity index (χ1n) is 5.72. The van der Waals surface area contributed by atoms with E-state index >= 15 is 0 Å². The van der Waals surface area contributed by atoms with Crippen LogP contribution in [-0.4, -0.2) is 15.7 Å². The summed E-state index contributed by atoms with van der Waals surface area (Å²) in [6.07, 6.45) is 3.95. The zero-order chi connectivity index (χ0) is 13.0. The second-order valence-corrected chi connectivity index (χ2v) is 4.22. The lowest BCUT2D eigenvalue weighted by molar-refractivity contribution is -0.120. The molecule has 0 atom stereocenters. The Kier molecular flexibility index (Phi) is 3.62. The van der Waals surface area contributed by atoms with Crippen molar-refractivity contribution in [1.29, 1.82) is 0 Å². The van der Waals surface area contributed by atoms with Gasteiger partial charge in [0.1, 0.15) is 0 Å². The molecule has 5 heteroatoms. The molecule has 1 aromatic heterocycles. The average Bonchev–Trinajstić information content (AvgIpc) is 2.73. The summed E-state index contributed by atoms with van der Waals surface area (Å²) in [5.74, 6) is -0.0237. The Morgan fingerprint density at radius 3 is 2.94 bits per heavy atom. The van der Waals surface area contributed by atoms with Crippen molar-refractivity contribution in [2.75, 3.05) is 5.73 Å². The number of benzene rings is 1. The molecule has 2 rings (SSSR count). The molecule has 1 heterocycles. The van der Waals surface area contributed by atoms with E-state index in [2.05, 4.69) is 10.4 Å². The van der Waals surface area contributed by atoms with Crippen LogP contribution in [0, 0.1) is 0 Å². The minimum absolute atomic E-state index is 0.0237. The summed E-state index contributed by atoms with van der Waals surface area (Å²) in [5.41, 5.74) is 8.23. The highest BCUT2D eigenvalue weighted by Gasteiger charge is 2.04. The molecule has 0 saturated carbocycles. The maximum absolute atomic E-state index is 11.7. The summed E-state index contributed by atoms with van der Waals surface area (Å²) in [5, 5.41) is 6.89. The fourth-order valence-electron chi connectivity index (χ4n) is 1.71. The Balaban J connectivity index is 1.85. The van der Waals surface area contributed by atoms with E-state index in [9.17, 15) is 4.79 Å². The number of hydrogen-bond donors (Lipinski definition) is 2. The maximum atomic E-state index is 11.7. The maximum Gasteiger partial charge on any atom is 0.224 e. The molecule has 18 heavy (non-hydrogen) atoms. The van der Waals surface area contributed by atoms with Crippen LogP contribution in [0.5, 0.6) is 0 Å². The van der Waals surface area contributed by atoms with Crippen LogP contribution in [0.4, 0.5) is 5.69 Å². The van der Waals surface area contributed by atoms with Crippen LogP contribution in [-0.2, 0) is 24.8 Å². The molecule has 0 bridgehead atoms. The van der Waals surface area contributed by atoms with Gasteiger partial charge in [-0.05, 0) is 17.7 Å². The van der Waals surface area contributed by atoms with Crippen molar-refractivity contribution in [1.82, 2.24) is 15.1 Å². The van der Waals surface area contributed by atoms with Gasteiger partial charge in [0.05, 0.1) is 12.6 Å². The fraction of sp³-hybridized carbons (Fsp3) is 0.231. The molecule has 0 saturated heterocycles. The third-order valence-corrected chi connectivity index (χ3v) is 2.56. The van der Waals surface area contributed by atoms with E-state index in [1.165, 1.54) is 0 Å². The van der Waals surface area contributed by atoms with Gasteiger partial charge in [0, 0.05) is 31.0 Å². The summed E-state index contributed by atoms with van der Waals surface area (Å²) in [4.78, 5) is 11.7. The third kappa shape index (κ3) is 3.35. The van der Waals surface area contributed by atoms with Gasteiger partial charge in [0.15, 0.2) is 0 Å². The number of rotatable bonds is 4. The molecule has 0 fully saturated rings. The van der Waals surface area contributed by atoms with Crippen LogP contribution in [0.25, 0.3) is 0 Å². The number of aromatic nitrogens is 2. The Hall–Kier alpha value is -2.30. The van der Waals surface area contributed by atoms with E-state index in [0.717, 1.165) is 11.1 Å². The summed E-state index contributed by atoms with van der Waals surface area (Å²) in [6.45, 7) is 0.495. The highest BCUT2D eigenvalue weighted by molar-refractivity contribution is 5.78. The van der Waals surface area contributed by atoms with Crippen molar-refractivity contribution in [2.24, 2.45) is 7.05 Å². The molecular formula is C13H16N4O. The van der Waals surface area contributed by atoms with Crippen LogP contribution < -0.4 is 11.1 Å². The SMILES string of the molecule is Cn1cc(CNC(=O)Cc2cccc(N)c2)cn1. The lowest BCUT2D eigenvalue weighted by Crippen LogP contribution is -2.24. The minimum Gasteiger partial charge on any atom is -0.399 e. The van der Waals surface area contributed by atoms with Crippen molar-refractivity contribution < 1.29 is 4.79 Å². The molecule has 0 aliphatic rings. The van der Waals surface area contributed by atoms with E-state index in [0.29, 0.717) is 18.7 Å². The van der Waals surface area contributed by atoms with Crippen LogP contribution in [0.15, 0.2) is 36.7 Å². The quantitative estimate of drug-likeness (QED) is 0.783. The molecule has 1 amide bonds. The third-order valence-electron chi connectivity index (χ3n) is 2.56. The van der Waals surface area contributed by atoms with E-state index in [1.54, 1.807) is 16.9 Å². The van der Waals surface area contributed by atoms with Crippen LogP contribution >= 0.6 is 0 Å². The van der Waals surface area contributed by atoms with Gasteiger partial charge in [-0.3, -0.25) is 9.48 Å². The van der Waals surface area contributed by atoms with Gasteiger partial charge in [-0.25, -0.2) is 0 Å². The summed E-state index contributed by atoms with van der Waals surface area (Å²) >= 11 is 0. The Morgan fingerprint density at radius 1 is 1.44 bits per heavy atom. The van der Waals surface area contributed by atoms with E-state index in [1.807, 2.05) is 31.4 Å². The molecule has 94 valence electrons. The molecule has 0 aliphatic carbocycles. The number of nitrogens with two attached hydrogens (primary N) is 1. The zero-order valence-electron chi connectivity index (χ0n) is 10.3. The van der Waals surface area contributed by atoms with Gasteiger partial charge in [-0.2, -0.15) is 5.10 Å². The van der Waals surface area contributed by atoms with Gasteiger partial charge >= 0.3 is 0 Å². The van der Waals surface area contributed by atoms with Crippen molar-refractivity contribution in [3.63, 3.8) is 0 Å². The fourth-order valence-corrected chi connectivity index (χ4v) is 1.71. The number of nitrogen functional groups attached to an aromatic ring is 1. The van der Waals surface area contributed by atoms with Crippen LogP contribution in [0.1, 0.15) is 11.1 Å². The summed E-state index contributed by atoms with van der Waals surface area (Å²) in [7, 11) is 1.85. The van der Waals surface area contributed by atoms with E-state index in [-0.39, 0.29) is 5.91 Å². The average molecular weight is 244 g/mol. The van der Waals surface area contributed by atoms with Crippen LogP contribution in [0.3, 0.4) is 0 Å². The Morgan fingerprint density at radius 2 is 2.28 bits per heavy atom. The predicted octanol–water partition coefficient (Wildman–Crippen LogP) is 0.861. The summed E-state index contributed by atoms with van der Waals surface area (Å²) < 4.78 is 1.71. The Bertz CT molecular complexity index is 547. The molecule has 2 aromatic rings. The highest BCUT2D eigenvalue weighted by atomic mass is 16.1. The first kappa shape index (κ1) is 12.2. The highest BCUT2D eigenvalue weighted by Crippen LogP contribution is 2.07. The van der Waals surface area contributed by atoms with Crippen molar-refractivity contribution in [3.05, 3.63) is 47.8 Å².